The van der Waals surface area contributed by atoms with Gasteiger partial charge >= 0.3 is 0 Å². The van der Waals surface area contributed by atoms with Crippen molar-refractivity contribution in [1.29, 1.82) is 0 Å². The summed E-state index contributed by atoms with van der Waals surface area (Å²) in [6, 6.07) is 7.06. The van der Waals surface area contributed by atoms with Gasteiger partial charge in [-0.3, -0.25) is 0 Å². The normalized spacial score (nSPS) is 9.40. The standard InChI is InChI=1S/C7H9NO2/c8-10-7-4-2-1-3-6(7)5-9/h1-4,9H,5,8H2. The molecular weight excluding hydrogens is 130 g/mol. The van der Waals surface area contributed by atoms with E-state index in [1.807, 2.05) is 6.07 Å². The van der Waals surface area contributed by atoms with E-state index in [2.05, 4.69) is 4.84 Å². The van der Waals surface area contributed by atoms with Gasteiger partial charge in [-0.2, -0.15) is 5.90 Å². The van der Waals surface area contributed by atoms with Crippen LogP contribution in [-0.4, -0.2) is 5.11 Å². The summed E-state index contributed by atoms with van der Waals surface area (Å²) in [7, 11) is 0. The molecule has 1 rings (SSSR count). The third-order valence-corrected chi connectivity index (χ3v) is 1.27. The second-order valence-electron chi connectivity index (χ2n) is 1.88. The maximum atomic E-state index is 8.71. The second kappa shape index (κ2) is 3.20. The lowest BCUT2D eigenvalue weighted by Gasteiger charge is -2.02. The van der Waals surface area contributed by atoms with Gasteiger partial charge in [0.05, 0.1) is 6.61 Å². The van der Waals surface area contributed by atoms with E-state index in [1.165, 1.54) is 0 Å². The highest BCUT2D eigenvalue weighted by atomic mass is 16.6. The number of rotatable bonds is 2. The van der Waals surface area contributed by atoms with Gasteiger partial charge in [-0.25, -0.2) is 0 Å². The van der Waals surface area contributed by atoms with Crippen molar-refractivity contribution < 1.29 is 9.94 Å². The van der Waals surface area contributed by atoms with Crippen LogP contribution < -0.4 is 10.7 Å². The molecule has 0 fully saturated rings. The van der Waals surface area contributed by atoms with Gasteiger partial charge in [0.1, 0.15) is 0 Å². The molecule has 10 heavy (non-hydrogen) atoms. The van der Waals surface area contributed by atoms with Gasteiger partial charge in [0, 0.05) is 5.56 Å². The highest BCUT2D eigenvalue weighted by molar-refractivity contribution is 5.32. The minimum Gasteiger partial charge on any atom is -0.411 e. The number of aliphatic hydroxyl groups excluding tert-OH is 1. The lowest BCUT2D eigenvalue weighted by atomic mass is 10.2. The Hall–Kier alpha value is -1.06. The summed E-state index contributed by atoms with van der Waals surface area (Å²) < 4.78 is 0. The van der Waals surface area contributed by atoms with Gasteiger partial charge < -0.3 is 9.94 Å². The van der Waals surface area contributed by atoms with Crippen molar-refractivity contribution in [2.45, 2.75) is 6.61 Å². The van der Waals surface area contributed by atoms with Gasteiger partial charge in [0.25, 0.3) is 0 Å². The first kappa shape index (κ1) is 7.05. The highest BCUT2D eigenvalue weighted by Crippen LogP contribution is 2.15. The van der Waals surface area contributed by atoms with Gasteiger partial charge in [-0.15, -0.1) is 0 Å². The zero-order chi connectivity index (χ0) is 7.40. The monoisotopic (exact) mass is 139 g/mol. The number of hydrogen-bond acceptors (Lipinski definition) is 3. The Kier molecular flexibility index (Phi) is 2.25. The number of para-hydroxylation sites is 1. The van der Waals surface area contributed by atoms with Crippen LogP contribution in [-0.2, 0) is 6.61 Å². The molecule has 0 saturated carbocycles. The maximum Gasteiger partial charge on any atom is 0.152 e. The van der Waals surface area contributed by atoms with Crippen LogP contribution in [0.25, 0.3) is 0 Å². The molecule has 1 aromatic carbocycles. The van der Waals surface area contributed by atoms with E-state index in [9.17, 15) is 0 Å². The molecule has 0 unspecified atom stereocenters. The Morgan fingerprint density at radius 2 is 2.10 bits per heavy atom. The van der Waals surface area contributed by atoms with Crippen molar-refractivity contribution in [2.24, 2.45) is 5.90 Å². The molecule has 3 nitrogen and oxygen atoms in total. The fourth-order valence-corrected chi connectivity index (χ4v) is 0.749. The van der Waals surface area contributed by atoms with Crippen molar-refractivity contribution in [3.8, 4) is 5.75 Å². The topological polar surface area (TPSA) is 55.5 Å². The van der Waals surface area contributed by atoms with Gasteiger partial charge in [-0.05, 0) is 6.07 Å². The molecule has 0 aliphatic heterocycles. The Labute approximate surface area is 59.0 Å². The first-order chi connectivity index (χ1) is 4.88. The molecule has 0 amide bonds. The molecular formula is C7H9NO2. The number of aliphatic hydroxyl groups is 1. The summed E-state index contributed by atoms with van der Waals surface area (Å²) in [5, 5.41) is 8.71. The summed E-state index contributed by atoms with van der Waals surface area (Å²) in [5.74, 6) is 5.43. The molecule has 0 spiro atoms. The van der Waals surface area contributed by atoms with Gasteiger partial charge in [0.2, 0.25) is 0 Å². The molecule has 0 aliphatic carbocycles. The van der Waals surface area contributed by atoms with Crippen LogP contribution in [0.2, 0.25) is 0 Å². The molecule has 1 aromatic rings. The first-order valence-corrected chi connectivity index (χ1v) is 2.94. The maximum absolute atomic E-state index is 8.71. The molecule has 0 bridgehead atoms. The van der Waals surface area contributed by atoms with Crippen LogP contribution in [0, 0.1) is 0 Å². The molecule has 0 aromatic heterocycles. The van der Waals surface area contributed by atoms with Crippen LogP contribution in [0.3, 0.4) is 0 Å². The van der Waals surface area contributed by atoms with E-state index in [4.69, 9.17) is 11.0 Å². The first-order valence-electron chi connectivity index (χ1n) is 2.94. The Bertz CT molecular complexity index is 190. The van der Waals surface area contributed by atoms with Crippen molar-refractivity contribution in [1.82, 2.24) is 0 Å². The van der Waals surface area contributed by atoms with Gasteiger partial charge in [0.15, 0.2) is 5.75 Å². The SMILES string of the molecule is NOc1ccccc1CO. The molecule has 3 heteroatoms. The lowest BCUT2D eigenvalue weighted by Crippen LogP contribution is -2.04. The number of benzene rings is 1. The van der Waals surface area contributed by atoms with Crippen LogP contribution in [0.4, 0.5) is 0 Å². The summed E-state index contributed by atoms with van der Waals surface area (Å²) in [5.41, 5.74) is 0.699. The van der Waals surface area contributed by atoms with Gasteiger partial charge in [-0.1, -0.05) is 18.2 Å². The average Bonchev–Trinajstić information content (AvgIpc) is 2.04. The van der Waals surface area contributed by atoms with E-state index < -0.39 is 0 Å². The van der Waals surface area contributed by atoms with E-state index >= 15 is 0 Å². The summed E-state index contributed by atoms with van der Waals surface area (Å²) in [6.07, 6.45) is 0. The third kappa shape index (κ3) is 1.26. The predicted octanol–water partition coefficient (Wildman–Crippen LogP) is 0.431. The largest absolute Gasteiger partial charge is 0.411 e. The summed E-state index contributed by atoms with van der Waals surface area (Å²) in [6.45, 7) is -0.0482. The second-order valence-corrected chi connectivity index (χ2v) is 1.88. The zero-order valence-corrected chi connectivity index (χ0v) is 5.45. The molecule has 0 heterocycles. The smallest absolute Gasteiger partial charge is 0.152 e. The molecule has 54 valence electrons. The highest BCUT2D eigenvalue weighted by Gasteiger charge is 1.97. The average molecular weight is 139 g/mol. The fourth-order valence-electron chi connectivity index (χ4n) is 0.749. The molecule has 0 aliphatic rings. The van der Waals surface area contributed by atoms with Crippen LogP contribution in [0.5, 0.6) is 5.75 Å². The Morgan fingerprint density at radius 1 is 1.40 bits per heavy atom. The molecule has 0 saturated heterocycles. The summed E-state index contributed by atoms with van der Waals surface area (Å²) >= 11 is 0. The zero-order valence-electron chi connectivity index (χ0n) is 5.45. The van der Waals surface area contributed by atoms with Crippen LogP contribution in [0.1, 0.15) is 5.56 Å². The van der Waals surface area contributed by atoms with E-state index in [-0.39, 0.29) is 6.61 Å². The van der Waals surface area contributed by atoms with Crippen molar-refractivity contribution in [2.75, 3.05) is 0 Å². The van der Waals surface area contributed by atoms with E-state index in [0.717, 1.165) is 0 Å². The lowest BCUT2D eigenvalue weighted by molar-refractivity contribution is 0.265. The summed E-state index contributed by atoms with van der Waals surface area (Å²) in [4.78, 5) is 4.48. The fraction of sp³-hybridized carbons (Fsp3) is 0.143. The minimum absolute atomic E-state index is 0.0482. The van der Waals surface area contributed by atoms with Crippen LogP contribution >= 0.6 is 0 Å². The Morgan fingerprint density at radius 3 is 2.60 bits per heavy atom. The third-order valence-electron chi connectivity index (χ3n) is 1.27. The van der Waals surface area contributed by atoms with E-state index in [1.54, 1.807) is 18.2 Å². The number of hydrogen-bond donors (Lipinski definition) is 2. The van der Waals surface area contributed by atoms with Crippen molar-refractivity contribution >= 4 is 0 Å². The quantitative estimate of drug-likeness (QED) is 0.584. The Balaban J connectivity index is 2.96. The van der Waals surface area contributed by atoms with Crippen LogP contribution in [0.15, 0.2) is 24.3 Å². The molecule has 0 atom stereocenters. The molecule has 0 radical (unpaired) electrons. The number of nitrogens with two attached hydrogens (primary N) is 1. The van der Waals surface area contributed by atoms with E-state index in [0.29, 0.717) is 11.3 Å². The van der Waals surface area contributed by atoms with Crippen molar-refractivity contribution in [3.63, 3.8) is 0 Å². The predicted molar refractivity (Wildman–Crippen MR) is 37.2 cm³/mol. The minimum atomic E-state index is -0.0482. The van der Waals surface area contributed by atoms with Crippen molar-refractivity contribution in [3.05, 3.63) is 29.8 Å². The molecule has 3 N–H and O–H groups in total.